The van der Waals surface area contributed by atoms with E-state index in [9.17, 15) is 24.3 Å². The Labute approximate surface area is 147 Å². The maximum atomic E-state index is 12.3. The Hall–Kier alpha value is -1.96. The van der Waals surface area contributed by atoms with E-state index >= 15 is 0 Å². The summed E-state index contributed by atoms with van der Waals surface area (Å²) in [5.41, 5.74) is -2.67. The fourth-order valence-electron chi connectivity index (χ4n) is 2.17. The van der Waals surface area contributed by atoms with E-state index in [1.165, 1.54) is 20.8 Å². The fourth-order valence-corrected chi connectivity index (χ4v) is 2.17. The van der Waals surface area contributed by atoms with Gasteiger partial charge in [-0.1, -0.05) is 20.3 Å². The van der Waals surface area contributed by atoms with E-state index in [4.69, 9.17) is 14.2 Å². The van der Waals surface area contributed by atoms with Gasteiger partial charge in [0.1, 0.15) is 5.78 Å². The molecule has 8 nitrogen and oxygen atoms in total. The third kappa shape index (κ3) is 6.81. The number of esters is 3. The van der Waals surface area contributed by atoms with E-state index < -0.39 is 41.6 Å². The molecule has 0 spiro atoms. The summed E-state index contributed by atoms with van der Waals surface area (Å²) in [6.45, 7) is 6.36. The zero-order chi connectivity index (χ0) is 19.5. The molecule has 0 fully saturated rings. The molecule has 2 atom stereocenters. The van der Waals surface area contributed by atoms with Crippen molar-refractivity contribution in [2.24, 2.45) is 5.92 Å². The van der Waals surface area contributed by atoms with Crippen LogP contribution >= 0.6 is 0 Å². The molecule has 0 aromatic heterocycles. The van der Waals surface area contributed by atoms with Crippen molar-refractivity contribution in [3.8, 4) is 0 Å². The highest BCUT2D eigenvalue weighted by molar-refractivity contribution is 6.06. The number of hydrogen-bond acceptors (Lipinski definition) is 8. The number of aliphatic hydroxyl groups is 1. The molecule has 0 rings (SSSR count). The van der Waals surface area contributed by atoms with Gasteiger partial charge in [0, 0.05) is 6.42 Å². The maximum Gasteiger partial charge on any atom is 0.340 e. The highest BCUT2D eigenvalue weighted by atomic mass is 16.6. The van der Waals surface area contributed by atoms with E-state index in [1.54, 1.807) is 0 Å². The lowest BCUT2D eigenvalue weighted by Crippen LogP contribution is -2.55. The molecular formula is C17H28O8. The zero-order valence-corrected chi connectivity index (χ0v) is 15.3. The number of unbranched alkanes of at least 4 members (excludes halogenated alkanes) is 1. The van der Waals surface area contributed by atoms with Crippen molar-refractivity contribution in [3.05, 3.63) is 0 Å². The minimum absolute atomic E-state index is 0.0494. The largest absolute Gasteiger partial charge is 0.466 e. The minimum Gasteiger partial charge on any atom is -0.466 e. The van der Waals surface area contributed by atoms with Crippen molar-refractivity contribution < 1.29 is 38.5 Å². The summed E-state index contributed by atoms with van der Waals surface area (Å²) in [7, 11) is 0. The van der Waals surface area contributed by atoms with Crippen LogP contribution in [0.3, 0.4) is 0 Å². The van der Waals surface area contributed by atoms with Crippen LogP contribution in [0.15, 0.2) is 0 Å². The Morgan fingerprint density at radius 2 is 1.56 bits per heavy atom. The first-order valence-electron chi connectivity index (χ1n) is 8.52. The molecule has 144 valence electrons. The van der Waals surface area contributed by atoms with Gasteiger partial charge in [0.05, 0.1) is 26.2 Å². The quantitative estimate of drug-likeness (QED) is 0.239. The minimum atomic E-state index is -2.67. The van der Waals surface area contributed by atoms with Gasteiger partial charge >= 0.3 is 17.9 Å². The number of ether oxygens (including phenoxy) is 3. The second-order valence-electron chi connectivity index (χ2n) is 5.40. The van der Waals surface area contributed by atoms with Crippen LogP contribution in [0.1, 0.15) is 53.4 Å². The Balaban J connectivity index is 5.65. The summed E-state index contributed by atoms with van der Waals surface area (Å²) < 4.78 is 14.5. The molecule has 0 aliphatic heterocycles. The van der Waals surface area contributed by atoms with Crippen LogP contribution in [0.5, 0.6) is 0 Å². The van der Waals surface area contributed by atoms with Crippen LogP contribution < -0.4 is 0 Å². The molecular weight excluding hydrogens is 332 g/mol. The number of carbonyl (C=O) groups is 4. The van der Waals surface area contributed by atoms with Gasteiger partial charge in [-0.15, -0.1) is 0 Å². The SMILES string of the molecule is CCCCOC(=O)CC(O)(C(=O)OCC)C(C(=O)CC)C(=O)OCC. The first-order valence-corrected chi connectivity index (χ1v) is 8.52. The second kappa shape index (κ2) is 11.6. The molecule has 0 radical (unpaired) electrons. The molecule has 0 saturated heterocycles. The number of ketones is 1. The van der Waals surface area contributed by atoms with Gasteiger partial charge in [0.2, 0.25) is 0 Å². The number of Topliss-reactive ketones (excluding diaryl/α,β-unsaturated/α-hetero) is 1. The highest BCUT2D eigenvalue weighted by Crippen LogP contribution is 2.28. The Morgan fingerprint density at radius 3 is 2.04 bits per heavy atom. The van der Waals surface area contributed by atoms with Gasteiger partial charge in [-0.05, 0) is 20.3 Å². The first-order chi connectivity index (χ1) is 11.8. The van der Waals surface area contributed by atoms with E-state index in [0.29, 0.717) is 6.42 Å². The van der Waals surface area contributed by atoms with Gasteiger partial charge in [-0.3, -0.25) is 14.4 Å². The molecule has 0 aromatic carbocycles. The van der Waals surface area contributed by atoms with Crippen LogP contribution in [0.4, 0.5) is 0 Å². The topological polar surface area (TPSA) is 116 Å². The molecule has 0 amide bonds. The van der Waals surface area contributed by atoms with Gasteiger partial charge in [0.15, 0.2) is 11.5 Å². The standard InChI is InChI=1S/C17H28O8/c1-5-9-10-25-13(19)11-17(22,16(21)24-8-4)14(12(18)6-2)15(20)23-7-3/h14,22H,5-11H2,1-4H3. The van der Waals surface area contributed by atoms with Crippen molar-refractivity contribution in [3.63, 3.8) is 0 Å². The van der Waals surface area contributed by atoms with Crippen LogP contribution in [0.25, 0.3) is 0 Å². The molecule has 25 heavy (non-hydrogen) atoms. The summed E-state index contributed by atoms with van der Waals surface area (Å²) in [4.78, 5) is 48.6. The van der Waals surface area contributed by atoms with Crippen molar-refractivity contribution in [2.75, 3.05) is 19.8 Å². The Bertz CT molecular complexity index is 473. The summed E-state index contributed by atoms with van der Waals surface area (Å²) in [5, 5.41) is 10.8. The van der Waals surface area contributed by atoms with Crippen molar-refractivity contribution in [1.82, 2.24) is 0 Å². The van der Waals surface area contributed by atoms with Crippen molar-refractivity contribution in [2.45, 2.75) is 59.0 Å². The second-order valence-corrected chi connectivity index (χ2v) is 5.40. The number of carbonyl (C=O) groups excluding carboxylic acids is 4. The highest BCUT2D eigenvalue weighted by Gasteiger charge is 2.54. The van der Waals surface area contributed by atoms with Crippen LogP contribution in [0.2, 0.25) is 0 Å². The van der Waals surface area contributed by atoms with Gasteiger partial charge in [-0.2, -0.15) is 0 Å². The normalized spacial score (nSPS) is 14.1. The monoisotopic (exact) mass is 360 g/mol. The lowest BCUT2D eigenvalue weighted by Gasteiger charge is -2.30. The number of rotatable bonds is 12. The molecule has 0 saturated carbocycles. The molecule has 0 heterocycles. The zero-order valence-electron chi connectivity index (χ0n) is 15.3. The summed E-state index contributed by atoms with van der Waals surface area (Å²) in [5.74, 6) is -5.79. The molecule has 0 bridgehead atoms. The van der Waals surface area contributed by atoms with Crippen LogP contribution in [-0.2, 0) is 33.4 Å². The lowest BCUT2D eigenvalue weighted by molar-refractivity contribution is -0.187. The fraction of sp³-hybridized carbons (Fsp3) is 0.765. The molecule has 1 N–H and O–H groups in total. The first kappa shape index (κ1) is 23.0. The van der Waals surface area contributed by atoms with Crippen LogP contribution in [-0.4, -0.2) is 54.2 Å². The Morgan fingerprint density at radius 1 is 0.960 bits per heavy atom. The average molecular weight is 360 g/mol. The average Bonchev–Trinajstić information content (AvgIpc) is 2.55. The lowest BCUT2D eigenvalue weighted by atomic mass is 9.80. The van der Waals surface area contributed by atoms with Crippen molar-refractivity contribution >= 4 is 23.7 Å². The van der Waals surface area contributed by atoms with Gasteiger partial charge in [0.25, 0.3) is 0 Å². The maximum absolute atomic E-state index is 12.3. The van der Waals surface area contributed by atoms with E-state index in [0.717, 1.165) is 6.42 Å². The van der Waals surface area contributed by atoms with E-state index in [2.05, 4.69) is 0 Å². The van der Waals surface area contributed by atoms with E-state index in [-0.39, 0.29) is 26.2 Å². The van der Waals surface area contributed by atoms with Gasteiger partial charge < -0.3 is 19.3 Å². The Kier molecular flexibility index (Phi) is 10.7. The molecule has 0 aromatic rings. The van der Waals surface area contributed by atoms with E-state index in [1.807, 2.05) is 6.92 Å². The summed E-state index contributed by atoms with van der Waals surface area (Å²) in [6.07, 6.45) is 0.398. The predicted molar refractivity (Wildman–Crippen MR) is 87.5 cm³/mol. The third-order valence-corrected chi connectivity index (χ3v) is 3.47. The molecule has 8 heteroatoms. The van der Waals surface area contributed by atoms with Gasteiger partial charge in [-0.25, -0.2) is 4.79 Å². The summed E-state index contributed by atoms with van der Waals surface area (Å²) in [6, 6.07) is 0. The number of hydrogen-bond donors (Lipinski definition) is 1. The van der Waals surface area contributed by atoms with Crippen molar-refractivity contribution in [1.29, 1.82) is 0 Å². The van der Waals surface area contributed by atoms with Crippen LogP contribution in [0, 0.1) is 5.92 Å². The molecule has 2 unspecified atom stereocenters. The predicted octanol–water partition coefficient (Wildman–Crippen LogP) is 1.17. The third-order valence-electron chi connectivity index (χ3n) is 3.47. The molecule has 0 aliphatic carbocycles. The smallest absolute Gasteiger partial charge is 0.340 e. The molecule has 0 aliphatic rings. The summed E-state index contributed by atoms with van der Waals surface area (Å²) >= 11 is 0.